The first-order chi connectivity index (χ1) is 14.5. The van der Waals surface area contributed by atoms with Gasteiger partial charge in [-0.2, -0.15) is 17.2 Å². The van der Waals surface area contributed by atoms with Crippen LogP contribution in [0.2, 0.25) is 0 Å². The van der Waals surface area contributed by atoms with Gasteiger partial charge in [-0.05, 0) is 6.42 Å². The van der Waals surface area contributed by atoms with Crippen molar-refractivity contribution in [1.82, 2.24) is 5.32 Å². The maximum Gasteiger partial charge on any atom is 0.324 e. The summed E-state index contributed by atoms with van der Waals surface area (Å²) in [6.07, 6.45) is 10.9. The summed E-state index contributed by atoms with van der Waals surface area (Å²) in [6.45, 7) is 0.515. The maximum atomic E-state index is 12.9. The average molecular weight is 478 g/mol. The number of nitrogens with one attached hydrogen (secondary N) is 1. The van der Waals surface area contributed by atoms with E-state index in [4.69, 9.17) is 4.55 Å². The van der Waals surface area contributed by atoms with Crippen molar-refractivity contribution < 1.29 is 35.3 Å². The molecule has 1 amide bonds. The minimum atomic E-state index is -4.81. The predicted molar refractivity (Wildman–Crippen MR) is 114 cm³/mol. The zero-order valence-electron chi connectivity index (χ0n) is 18.6. The number of halogens is 4. The molecule has 0 aliphatic heterocycles. The van der Waals surface area contributed by atoms with Gasteiger partial charge >= 0.3 is 12.3 Å². The van der Waals surface area contributed by atoms with Crippen molar-refractivity contribution in [2.45, 2.75) is 121 Å². The van der Waals surface area contributed by atoms with Crippen LogP contribution in [0.5, 0.6) is 0 Å². The fraction of sp³-hybridized carbons (Fsp3) is 0.952. The Labute approximate surface area is 184 Å². The highest BCUT2D eigenvalue weighted by molar-refractivity contribution is 7.87. The monoisotopic (exact) mass is 477 g/mol. The number of unbranched alkanes of at least 4 members (excludes halogenated alkanes) is 13. The standard InChI is InChI=1S/C21H39F4NO4S/c1-2-3-4-5-6-7-8-9-10-11-12-13-14-15-16-18(31(28,29)30)19(27)26-17-21(24,25)20(22)23/h18,20H,2-17H2,1H3,(H,26,27)(H,28,29,30). The van der Waals surface area contributed by atoms with E-state index in [0.717, 1.165) is 25.7 Å². The van der Waals surface area contributed by atoms with Crippen LogP contribution in [-0.2, 0) is 14.9 Å². The minimum Gasteiger partial charge on any atom is -0.349 e. The molecule has 0 aromatic carbocycles. The number of amides is 1. The number of hydrogen-bond acceptors (Lipinski definition) is 3. The van der Waals surface area contributed by atoms with Crippen molar-refractivity contribution in [3.63, 3.8) is 0 Å². The Hall–Kier alpha value is -0.900. The maximum absolute atomic E-state index is 12.9. The molecule has 10 heteroatoms. The Morgan fingerprint density at radius 2 is 1.23 bits per heavy atom. The van der Waals surface area contributed by atoms with Crippen molar-refractivity contribution in [2.24, 2.45) is 0 Å². The molecule has 0 rings (SSSR count). The van der Waals surface area contributed by atoms with Gasteiger partial charge in [-0.1, -0.05) is 96.8 Å². The molecule has 0 aliphatic rings. The Bertz CT molecular complexity index is 574. The van der Waals surface area contributed by atoms with Crippen molar-refractivity contribution in [1.29, 1.82) is 0 Å². The average Bonchev–Trinajstić information content (AvgIpc) is 2.68. The van der Waals surface area contributed by atoms with Crippen LogP contribution in [0.25, 0.3) is 0 Å². The first-order valence-corrected chi connectivity index (χ1v) is 12.9. The molecule has 0 spiro atoms. The van der Waals surface area contributed by atoms with E-state index in [1.54, 1.807) is 0 Å². The molecule has 186 valence electrons. The fourth-order valence-corrected chi connectivity index (χ4v) is 4.15. The molecule has 0 heterocycles. The van der Waals surface area contributed by atoms with Crippen LogP contribution in [0.4, 0.5) is 17.6 Å². The van der Waals surface area contributed by atoms with Gasteiger partial charge in [0.15, 0.2) is 5.25 Å². The Kier molecular flexibility index (Phi) is 16.2. The third-order valence-corrected chi connectivity index (χ3v) is 6.46. The van der Waals surface area contributed by atoms with E-state index < -0.39 is 40.2 Å². The number of hydrogen-bond donors (Lipinski definition) is 2. The van der Waals surface area contributed by atoms with Gasteiger partial charge in [0.2, 0.25) is 5.91 Å². The van der Waals surface area contributed by atoms with Crippen LogP contribution >= 0.6 is 0 Å². The third-order valence-electron chi connectivity index (χ3n) is 5.29. The SMILES string of the molecule is CCCCCCCCCCCCCCCCC(C(=O)NCC(F)(F)C(F)F)S(=O)(=O)O. The number of carbonyl (C=O) groups is 1. The van der Waals surface area contributed by atoms with E-state index >= 15 is 0 Å². The fourth-order valence-electron chi connectivity index (χ4n) is 3.34. The zero-order valence-corrected chi connectivity index (χ0v) is 19.4. The van der Waals surface area contributed by atoms with E-state index in [1.165, 1.54) is 56.7 Å². The van der Waals surface area contributed by atoms with E-state index in [-0.39, 0.29) is 6.42 Å². The van der Waals surface area contributed by atoms with Gasteiger partial charge in [0.05, 0.1) is 6.54 Å². The Morgan fingerprint density at radius 3 is 1.58 bits per heavy atom. The summed E-state index contributed by atoms with van der Waals surface area (Å²) in [5, 5.41) is -0.430. The van der Waals surface area contributed by atoms with Gasteiger partial charge in [0.1, 0.15) is 0 Å². The van der Waals surface area contributed by atoms with Crippen LogP contribution in [0.1, 0.15) is 103 Å². The summed E-state index contributed by atoms with van der Waals surface area (Å²) in [6, 6.07) is 0. The highest BCUT2D eigenvalue weighted by Gasteiger charge is 2.42. The van der Waals surface area contributed by atoms with E-state index in [2.05, 4.69) is 6.92 Å². The van der Waals surface area contributed by atoms with Gasteiger partial charge in [-0.3, -0.25) is 9.35 Å². The summed E-state index contributed by atoms with van der Waals surface area (Å²) >= 11 is 0. The molecule has 0 bridgehead atoms. The molecule has 5 nitrogen and oxygen atoms in total. The molecule has 0 saturated heterocycles. The van der Waals surface area contributed by atoms with Gasteiger partial charge in [-0.25, -0.2) is 8.78 Å². The summed E-state index contributed by atoms with van der Waals surface area (Å²) in [7, 11) is -4.81. The van der Waals surface area contributed by atoms with Gasteiger partial charge in [-0.15, -0.1) is 0 Å². The van der Waals surface area contributed by atoms with Gasteiger partial charge in [0.25, 0.3) is 10.1 Å². The second-order valence-corrected chi connectivity index (χ2v) is 9.77. The number of rotatable bonds is 20. The van der Waals surface area contributed by atoms with Crippen LogP contribution in [0, 0.1) is 0 Å². The largest absolute Gasteiger partial charge is 0.349 e. The Morgan fingerprint density at radius 1 is 0.839 bits per heavy atom. The van der Waals surface area contributed by atoms with Crippen molar-refractivity contribution in [3.05, 3.63) is 0 Å². The molecule has 1 unspecified atom stereocenters. The first-order valence-electron chi connectivity index (χ1n) is 11.4. The molecule has 0 aliphatic carbocycles. The second-order valence-electron chi connectivity index (χ2n) is 8.17. The summed E-state index contributed by atoms with van der Waals surface area (Å²) in [5.41, 5.74) is 0. The highest BCUT2D eigenvalue weighted by atomic mass is 32.2. The highest BCUT2D eigenvalue weighted by Crippen LogP contribution is 2.22. The molecule has 31 heavy (non-hydrogen) atoms. The quantitative estimate of drug-likeness (QED) is 0.125. The lowest BCUT2D eigenvalue weighted by Gasteiger charge is -2.18. The van der Waals surface area contributed by atoms with E-state index in [9.17, 15) is 30.8 Å². The summed E-state index contributed by atoms with van der Waals surface area (Å²) in [5.74, 6) is -5.85. The molecular formula is C21H39F4NO4S. The molecule has 1 atom stereocenters. The normalized spacial score (nSPS) is 13.5. The molecule has 0 radical (unpaired) electrons. The molecule has 0 fully saturated rings. The van der Waals surface area contributed by atoms with Crippen LogP contribution in [0.15, 0.2) is 0 Å². The number of alkyl halides is 4. The molecule has 0 aromatic rings. The Balaban J connectivity index is 3.93. The predicted octanol–water partition coefficient (Wildman–Crippen LogP) is 6.13. The number of carbonyl (C=O) groups excluding carboxylic acids is 1. The lowest BCUT2D eigenvalue weighted by molar-refractivity contribution is -0.136. The molecular weight excluding hydrogens is 438 g/mol. The van der Waals surface area contributed by atoms with Crippen LogP contribution < -0.4 is 5.32 Å². The molecule has 0 saturated carbocycles. The van der Waals surface area contributed by atoms with E-state index in [1.807, 2.05) is 0 Å². The third kappa shape index (κ3) is 15.5. The lowest BCUT2D eigenvalue weighted by atomic mass is 10.0. The second kappa shape index (κ2) is 16.7. The van der Waals surface area contributed by atoms with Crippen LogP contribution in [0.3, 0.4) is 0 Å². The van der Waals surface area contributed by atoms with E-state index in [0.29, 0.717) is 12.8 Å². The smallest absolute Gasteiger partial charge is 0.324 e. The van der Waals surface area contributed by atoms with Crippen molar-refractivity contribution >= 4 is 16.0 Å². The van der Waals surface area contributed by atoms with Crippen molar-refractivity contribution in [2.75, 3.05) is 6.54 Å². The van der Waals surface area contributed by atoms with Crippen LogP contribution in [-0.4, -0.2) is 43.0 Å². The minimum absolute atomic E-state index is 0.247. The summed E-state index contributed by atoms with van der Waals surface area (Å²) < 4.78 is 81.9. The molecule has 0 aromatic heterocycles. The van der Waals surface area contributed by atoms with Gasteiger partial charge in [0, 0.05) is 0 Å². The summed E-state index contributed by atoms with van der Waals surface area (Å²) in [4.78, 5) is 11.8. The van der Waals surface area contributed by atoms with Gasteiger partial charge < -0.3 is 5.32 Å². The lowest BCUT2D eigenvalue weighted by Crippen LogP contribution is -2.46. The first kappa shape index (κ1) is 30.1. The molecule has 2 N–H and O–H groups in total. The zero-order chi connectivity index (χ0) is 23.8. The topological polar surface area (TPSA) is 83.5 Å². The van der Waals surface area contributed by atoms with Crippen molar-refractivity contribution in [3.8, 4) is 0 Å².